The monoisotopic (exact) mass is 670 g/mol. The Hall–Kier alpha value is -4.05. The summed E-state index contributed by atoms with van der Waals surface area (Å²) in [7, 11) is 0.712. The van der Waals surface area contributed by atoms with E-state index in [-0.39, 0.29) is 42.5 Å². The largest absolute Gasteiger partial charge is 0.495 e. The second kappa shape index (κ2) is 13.7. The Kier molecular flexibility index (Phi) is 10.4. The normalized spacial score (nSPS) is 17.4. The molecular weight excluding hydrogens is 635 g/mol. The van der Waals surface area contributed by atoms with Crippen LogP contribution in [0.25, 0.3) is 0 Å². The topological polar surface area (TPSA) is 117 Å². The van der Waals surface area contributed by atoms with Crippen molar-refractivity contribution in [3.05, 3.63) is 70.3 Å². The Balaban J connectivity index is 1.60. The molecule has 1 aliphatic rings. The number of piperidine rings is 1. The van der Waals surface area contributed by atoms with Gasteiger partial charge in [-0.3, -0.25) is 9.10 Å². The van der Waals surface area contributed by atoms with E-state index in [9.17, 15) is 30.8 Å². The number of amides is 1. The van der Waals surface area contributed by atoms with Gasteiger partial charge in [-0.2, -0.15) is 13.2 Å². The van der Waals surface area contributed by atoms with Crippen LogP contribution >= 0.6 is 0 Å². The SMILES string of the molecule is COc1cc(C(=O)N[C@@H]2CCN(C)C[C@@H]2F)c(F)cc1Nc1ncc(C(F)(F)F)c(CCc2ccc(C)cc2N(C)S(C)(=O)=O)n1. The zero-order valence-electron chi connectivity index (χ0n) is 25.9. The van der Waals surface area contributed by atoms with Gasteiger partial charge in [-0.15, -0.1) is 0 Å². The van der Waals surface area contributed by atoms with E-state index >= 15 is 4.39 Å². The lowest BCUT2D eigenvalue weighted by molar-refractivity contribution is -0.138. The number of methoxy groups -OCH3 is 1. The molecule has 1 amide bonds. The van der Waals surface area contributed by atoms with Gasteiger partial charge in [0.15, 0.2) is 0 Å². The van der Waals surface area contributed by atoms with Gasteiger partial charge in [0.1, 0.15) is 17.7 Å². The summed E-state index contributed by atoms with van der Waals surface area (Å²) in [5.74, 6) is -2.17. The summed E-state index contributed by atoms with van der Waals surface area (Å²) in [6.07, 6.45) is -4.40. The Morgan fingerprint density at radius 2 is 1.91 bits per heavy atom. The summed E-state index contributed by atoms with van der Waals surface area (Å²) in [5, 5.41) is 5.18. The molecule has 1 aliphatic heterocycles. The van der Waals surface area contributed by atoms with E-state index < -0.39 is 51.3 Å². The third-order valence-corrected chi connectivity index (χ3v) is 8.91. The number of hydrogen-bond acceptors (Lipinski definition) is 8. The van der Waals surface area contributed by atoms with Crippen molar-refractivity contribution >= 4 is 33.3 Å². The lowest BCUT2D eigenvalue weighted by Gasteiger charge is -2.32. The molecule has 3 aromatic rings. The van der Waals surface area contributed by atoms with Gasteiger partial charge < -0.3 is 20.3 Å². The van der Waals surface area contributed by atoms with E-state index in [0.717, 1.165) is 28.3 Å². The molecule has 0 radical (unpaired) electrons. The highest BCUT2D eigenvalue weighted by molar-refractivity contribution is 7.92. The Bertz CT molecular complexity index is 1710. The number of halogens is 5. The smallest absolute Gasteiger partial charge is 0.419 e. The van der Waals surface area contributed by atoms with Crippen molar-refractivity contribution < 1.29 is 39.9 Å². The van der Waals surface area contributed by atoms with Gasteiger partial charge in [0.05, 0.1) is 47.6 Å². The fourth-order valence-electron chi connectivity index (χ4n) is 5.09. The number of benzene rings is 2. The first kappa shape index (κ1) is 34.8. The lowest BCUT2D eigenvalue weighted by atomic mass is 10.0. The highest BCUT2D eigenvalue weighted by atomic mass is 32.2. The number of aryl methyl sites for hydroxylation is 3. The van der Waals surface area contributed by atoms with Crippen LogP contribution in [0.15, 0.2) is 36.5 Å². The van der Waals surface area contributed by atoms with E-state index in [4.69, 9.17) is 4.74 Å². The van der Waals surface area contributed by atoms with Crippen LogP contribution in [0.1, 0.15) is 39.2 Å². The average molecular weight is 671 g/mol. The maximum Gasteiger partial charge on any atom is 0.419 e. The molecule has 2 aromatic carbocycles. The molecule has 1 aromatic heterocycles. The van der Waals surface area contributed by atoms with Crippen molar-refractivity contribution in [2.24, 2.45) is 0 Å². The molecule has 0 spiro atoms. The second-order valence-electron chi connectivity index (χ2n) is 11.2. The summed E-state index contributed by atoms with van der Waals surface area (Å²) in [4.78, 5) is 22.4. The fourth-order valence-corrected chi connectivity index (χ4v) is 5.62. The first-order valence-corrected chi connectivity index (χ1v) is 16.1. The van der Waals surface area contributed by atoms with Crippen LogP contribution in [0.3, 0.4) is 0 Å². The molecule has 4 rings (SSSR count). The van der Waals surface area contributed by atoms with Crippen molar-refractivity contribution in [2.75, 3.05) is 50.2 Å². The predicted molar refractivity (Wildman–Crippen MR) is 163 cm³/mol. The van der Waals surface area contributed by atoms with Crippen LogP contribution in [-0.2, 0) is 29.0 Å². The highest BCUT2D eigenvalue weighted by Crippen LogP contribution is 2.34. The average Bonchev–Trinajstić information content (AvgIpc) is 2.96. The number of likely N-dealkylation sites (tertiary alicyclic amines) is 1. The number of rotatable bonds is 10. The summed E-state index contributed by atoms with van der Waals surface area (Å²) in [6, 6.07) is 6.20. The number of aromatic nitrogens is 2. The predicted octanol–water partition coefficient (Wildman–Crippen LogP) is 4.65. The van der Waals surface area contributed by atoms with Gasteiger partial charge in [-0.05, 0) is 56.5 Å². The number of alkyl halides is 4. The van der Waals surface area contributed by atoms with Gasteiger partial charge in [0.2, 0.25) is 16.0 Å². The quantitative estimate of drug-likeness (QED) is 0.300. The van der Waals surface area contributed by atoms with Crippen molar-refractivity contribution in [1.29, 1.82) is 0 Å². The number of sulfonamides is 1. The molecule has 1 saturated heterocycles. The number of nitrogens with one attached hydrogen (secondary N) is 2. The fraction of sp³-hybridized carbons (Fsp3) is 0.433. The highest BCUT2D eigenvalue weighted by Gasteiger charge is 2.35. The number of ether oxygens (including phenoxy) is 1. The van der Waals surface area contributed by atoms with Crippen molar-refractivity contribution in [2.45, 2.75) is 44.6 Å². The van der Waals surface area contributed by atoms with Gasteiger partial charge in [-0.1, -0.05) is 12.1 Å². The third-order valence-electron chi connectivity index (χ3n) is 7.72. The third kappa shape index (κ3) is 8.20. The van der Waals surface area contributed by atoms with Crippen LogP contribution in [0.4, 0.5) is 39.3 Å². The lowest BCUT2D eigenvalue weighted by Crippen LogP contribution is -2.51. The van der Waals surface area contributed by atoms with Crippen molar-refractivity contribution in [3.8, 4) is 5.75 Å². The molecule has 2 heterocycles. The molecule has 0 saturated carbocycles. The number of carbonyl (C=O) groups is 1. The van der Waals surface area contributed by atoms with Crippen molar-refractivity contribution in [1.82, 2.24) is 20.2 Å². The zero-order chi connectivity index (χ0) is 34.0. The molecule has 1 fully saturated rings. The molecule has 250 valence electrons. The molecule has 0 aliphatic carbocycles. The van der Waals surface area contributed by atoms with Gasteiger partial charge in [0, 0.05) is 32.4 Å². The summed E-state index contributed by atoms with van der Waals surface area (Å²) < 4.78 is 102. The van der Waals surface area contributed by atoms with Gasteiger partial charge in [0.25, 0.3) is 5.91 Å². The molecule has 2 atom stereocenters. The maximum absolute atomic E-state index is 15.2. The van der Waals surface area contributed by atoms with Crippen LogP contribution < -0.4 is 19.7 Å². The minimum Gasteiger partial charge on any atom is -0.495 e. The molecule has 0 bridgehead atoms. The molecular formula is C30H35F5N6O4S. The van der Waals surface area contributed by atoms with E-state index in [0.29, 0.717) is 30.4 Å². The standard InChI is InChI=1S/C30H35F5N6O4S/c1-17-6-7-18(26(12-17)41(3)46(5,43)44)8-9-23-20(30(33,34)35)15-36-29(38-23)39-25-14-21(31)19(13-27(25)45-4)28(42)37-24-10-11-40(2)16-22(24)32/h6-7,12-15,22,24H,8-11,16H2,1-5H3,(H,37,42)(H,36,38,39)/t22-,24+/m0/s1. The minimum atomic E-state index is -4.79. The summed E-state index contributed by atoms with van der Waals surface area (Å²) in [6.45, 7) is 2.44. The molecule has 0 unspecified atom stereocenters. The first-order chi connectivity index (χ1) is 21.5. The maximum atomic E-state index is 15.2. The molecule has 46 heavy (non-hydrogen) atoms. The number of nitrogens with zero attached hydrogens (tertiary/aromatic N) is 4. The zero-order valence-corrected chi connectivity index (χ0v) is 26.7. The van der Waals surface area contributed by atoms with E-state index in [2.05, 4.69) is 20.6 Å². The van der Waals surface area contributed by atoms with Gasteiger partial charge >= 0.3 is 6.18 Å². The van der Waals surface area contributed by atoms with E-state index in [1.54, 1.807) is 37.1 Å². The second-order valence-corrected chi connectivity index (χ2v) is 13.2. The summed E-state index contributed by atoms with van der Waals surface area (Å²) in [5.41, 5.74) is -0.378. The van der Waals surface area contributed by atoms with Gasteiger partial charge in [-0.25, -0.2) is 27.2 Å². The molecule has 2 N–H and O–H groups in total. The van der Waals surface area contributed by atoms with E-state index in [1.165, 1.54) is 14.2 Å². The molecule has 10 nitrogen and oxygen atoms in total. The van der Waals surface area contributed by atoms with Crippen LogP contribution in [0.2, 0.25) is 0 Å². The summed E-state index contributed by atoms with van der Waals surface area (Å²) >= 11 is 0. The number of carbonyl (C=O) groups excluding carboxylic acids is 1. The Morgan fingerprint density at radius 3 is 2.54 bits per heavy atom. The van der Waals surface area contributed by atoms with Crippen LogP contribution in [0.5, 0.6) is 5.75 Å². The van der Waals surface area contributed by atoms with Crippen LogP contribution in [-0.4, -0.2) is 82.0 Å². The minimum absolute atomic E-state index is 0.00772. The Labute approximate surface area is 264 Å². The number of hydrogen-bond donors (Lipinski definition) is 2. The van der Waals surface area contributed by atoms with Crippen molar-refractivity contribution in [3.63, 3.8) is 0 Å². The molecule has 16 heteroatoms. The van der Waals surface area contributed by atoms with E-state index in [1.807, 2.05) is 0 Å². The Morgan fingerprint density at radius 1 is 1.20 bits per heavy atom. The van der Waals surface area contributed by atoms with Crippen LogP contribution in [0, 0.1) is 12.7 Å². The number of anilines is 3. The first-order valence-electron chi connectivity index (χ1n) is 14.2.